The molecule has 0 radical (unpaired) electrons. The lowest BCUT2D eigenvalue weighted by Gasteiger charge is -2.08. The van der Waals surface area contributed by atoms with Crippen LogP contribution in [0, 0.1) is 0 Å². The minimum absolute atomic E-state index is 0.381. The van der Waals surface area contributed by atoms with E-state index in [0.29, 0.717) is 6.04 Å². The van der Waals surface area contributed by atoms with Crippen LogP contribution in [-0.2, 0) is 0 Å². The number of rotatable bonds is 6. The smallest absolute Gasteiger partial charge is 0.123 e. The maximum atomic E-state index is 4.54. The Morgan fingerprint density at radius 2 is 2.00 bits per heavy atom. The number of hydrogen-bond acceptors (Lipinski definition) is 4. The van der Waals surface area contributed by atoms with Gasteiger partial charge in [0.1, 0.15) is 5.01 Å². The van der Waals surface area contributed by atoms with E-state index in [4.69, 9.17) is 0 Å². The predicted octanol–water partition coefficient (Wildman–Crippen LogP) is 4.59. The summed E-state index contributed by atoms with van der Waals surface area (Å²) in [6.45, 7) is 7.47. The van der Waals surface area contributed by atoms with Crippen LogP contribution in [0.3, 0.4) is 0 Å². The number of thiazole rings is 1. The lowest BCUT2D eigenvalue weighted by molar-refractivity contribution is 0.606. The van der Waals surface area contributed by atoms with Crippen molar-refractivity contribution in [2.24, 2.45) is 0 Å². The van der Waals surface area contributed by atoms with Gasteiger partial charge in [0.25, 0.3) is 0 Å². The zero-order valence-electron chi connectivity index (χ0n) is 11.6. The number of nitrogens with one attached hydrogen (secondary N) is 1. The van der Waals surface area contributed by atoms with Crippen LogP contribution in [0.25, 0.3) is 10.6 Å². The maximum absolute atomic E-state index is 4.54. The van der Waals surface area contributed by atoms with Crippen molar-refractivity contribution in [2.75, 3.05) is 12.3 Å². The molecule has 0 amide bonds. The van der Waals surface area contributed by atoms with Crippen LogP contribution in [-0.4, -0.2) is 17.3 Å². The summed E-state index contributed by atoms with van der Waals surface area (Å²) < 4.78 is 0. The Bertz CT molecular complexity index is 505. The summed E-state index contributed by atoms with van der Waals surface area (Å²) in [5.41, 5.74) is 1.21. The molecule has 1 aromatic carbocycles. The minimum Gasteiger partial charge on any atom is -0.310 e. The summed E-state index contributed by atoms with van der Waals surface area (Å²) in [4.78, 5) is 7.16. The van der Waals surface area contributed by atoms with Crippen LogP contribution in [0.4, 0.5) is 0 Å². The summed E-state index contributed by atoms with van der Waals surface area (Å²) in [7, 11) is 0. The Hall–Kier alpha value is -0.840. The van der Waals surface area contributed by atoms with Crippen molar-refractivity contribution >= 4 is 23.1 Å². The molecule has 19 heavy (non-hydrogen) atoms. The van der Waals surface area contributed by atoms with Crippen LogP contribution in [0.15, 0.2) is 35.4 Å². The molecule has 1 unspecified atom stereocenters. The molecule has 0 saturated carbocycles. The van der Waals surface area contributed by atoms with Gasteiger partial charge in [0, 0.05) is 27.6 Å². The molecule has 1 aromatic heterocycles. The maximum Gasteiger partial charge on any atom is 0.123 e. The van der Waals surface area contributed by atoms with Gasteiger partial charge in [-0.2, -0.15) is 0 Å². The number of hydrogen-bond donors (Lipinski definition) is 1. The summed E-state index contributed by atoms with van der Waals surface area (Å²) in [6.07, 6.45) is 1.99. The zero-order valence-corrected chi connectivity index (χ0v) is 13.3. The molecule has 2 rings (SSSR count). The van der Waals surface area contributed by atoms with E-state index in [2.05, 4.69) is 55.3 Å². The standard InChI is InChI=1S/C15H20N2S2/c1-4-16-11(3)14-10-17-15(19-14)12-6-8-13(9-7-12)18-5-2/h6-11,16H,4-5H2,1-3H3. The second-order valence-electron chi connectivity index (χ2n) is 4.30. The zero-order chi connectivity index (χ0) is 13.7. The average Bonchev–Trinajstić information content (AvgIpc) is 2.90. The van der Waals surface area contributed by atoms with Gasteiger partial charge in [-0.3, -0.25) is 0 Å². The molecule has 1 N–H and O–H groups in total. The van der Waals surface area contributed by atoms with Crippen LogP contribution in [0.5, 0.6) is 0 Å². The van der Waals surface area contributed by atoms with E-state index in [9.17, 15) is 0 Å². The third-order valence-corrected chi connectivity index (χ3v) is 5.00. The first-order valence-corrected chi connectivity index (χ1v) is 8.47. The molecule has 0 saturated heterocycles. The van der Waals surface area contributed by atoms with Crippen LogP contribution < -0.4 is 5.32 Å². The van der Waals surface area contributed by atoms with Crippen molar-refractivity contribution in [1.82, 2.24) is 10.3 Å². The second-order valence-corrected chi connectivity index (χ2v) is 6.70. The first kappa shape index (κ1) is 14.6. The van der Waals surface area contributed by atoms with Crippen LogP contribution in [0.1, 0.15) is 31.7 Å². The minimum atomic E-state index is 0.381. The highest BCUT2D eigenvalue weighted by Gasteiger charge is 2.09. The Labute approximate surface area is 123 Å². The van der Waals surface area contributed by atoms with Gasteiger partial charge in [-0.05, 0) is 31.4 Å². The lowest BCUT2D eigenvalue weighted by atomic mass is 10.2. The summed E-state index contributed by atoms with van der Waals surface area (Å²) >= 11 is 3.64. The van der Waals surface area contributed by atoms with E-state index in [-0.39, 0.29) is 0 Å². The molecule has 0 fully saturated rings. The van der Waals surface area contributed by atoms with Crippen molar-refractivity contribution in [1.29, 1.82) is 0 Å². The summed E-state index contributed by atoms with van der Waals surface area (Å²) in [5.74, 6) is 1.11. The Kier molecular flexibility index (Phi) is 5.43. The molecule has 0 aliphatic heterocycles. The van der Waals surface area contributed by atoms with Gasteiger partial charge in [0.2, 0.25) is 0 Å². The highest BCUT2D eigenvalue weighted by molar-refractivity contribution is 7.99. The molecule has 102 valence electrons. The molecular weight excluding hydrogens is 272 g/mol. The van der Waals surface area contributed by atoms with Gasteiger partial charge >= 0.3 is 0 Å². The van der Waals surface area contributed by atoms with Crippen molar-refractivity contribution < 1.29 is 0 Å². The molecule has 1 heterocycles. The largest absolute Gasteiger partial charge is 0.310 e. The number of aromatic nitrogens is 1. The van der Waals surface area contributed by atoms with Gasteiger partial charge in [-0.1, -0.05) is 26.0 Å². The lowest BCUT2D eigenvalue weighted by Crippen LogP contribution is -2.16. The summed E-state index contributed by atoms with van der Waals surface area (Å²) in [6, 6.07) is 9.07. The highest BCUT2D eigenvalue weighted by atomic mass is 32.2. The number of thioether (sulfide) groups is 1. The van der Waals surface area contributed by atoms with E-state index in [0.717, 1.165) is 17.3 Å². The Morgan fingerprint density at radius 3 is 2.63 bits per heavy atom. The molecule has 2 nitrogen and oxygen atoms in total. The molecule has 1 atom stereocenters. The average molecular weight is 292 g/mol. The number of nitrogens with zero attached hydrogens (tertiary/aromatic N) is 1. The first-order valence-electron chi connectivity index (χ1n) is 6.67. The number of benzene rings is 1. The molecule has 0 aliphatic carbocycles. The topological polar surface area (TPSA) is 24.9 Å². The van der Waals surface area contributed by atoms with Crippen LogP contribution >= 0.6 is 23.1 Å². The van der Waals surface area contributed by atoms with E-state index in [1.54, 1.807) is 11.3 Å². The first-order chi connectivity index (χ1) is 9.24. The van der Waals surface area contributed by atoms with Gasteiger partial charge in [-0.15, -0.1) is 23.1 Å². The molecular formula is C15H20N2S2. The van der Waals surface area contributed by atoms with Gasteiger partial charge in [0.05, 0.1) is 0 Å². The van der Waals surface area contributed by atoms with Crippen molar-refractivity contribution in [3.05, 3.63) is 35.3 Å². The molecule has 2 aromatic rings. The third kappa shape index (κ3) is 3.81. The van der Waals surface area contributed by atoms with E-state index < -0.39 is 0 Å². The fraction of sp³-hybridized carbons (Fsp3) is 0.400. The molecule has 0 aliphatic rings. The highest BCUT2D eigenvalue weighted by Crippen LogP contribution is 2.30. The Balaban J connectivity index is 2.13. The van der Waals surface area contributed by atoms with E-state index in [1.165, 1.54) is 15.3 Å². The van der Waals surface area contributed by atoms with Gasteiger partial charge < -0.3 is 5.32 Å². The SMILES string of the molecule is CCNC(C)c1cnc(-c2ccc(SCC)cc2)s1. The van der Waals surface area contributed by atoms with E-state index in [1.807, 2.05) is 18.0 Å². The fourth-order valence-electron chi connectivity index (χ4n) is 1.89. The predicted molar refractivity (Wildman–Crippen MR) is 86.0 cm³/mol. The third-order valence-electron chi connectivity index (χ3n) is 2.87. The molecule has 0 spiro atoms. The van der Waals surface area contributed by atoms with Crippen molar-refractivity contribution in [2.45, 2.75) is 31.7 Å². The van der Waals surface area contributed by atoms with Crippen molar-refractivity contribution in [3.63, 3.8) is 0 Å². The van der Waals surface area contributed by atoms with Crippen molar-refractivity contribution in [3.8, 4) is 10.6 Å². The quantitative estimate of drug-likeness (QED) is 0.788. The van der Waals surface area contributed by atoms with Crippen LogP contribution in [0.2, 0.25) is 0 Å². The van der Waals surface area contributed by atoms with Gasteiger partial charge in [0.15, 0.2) is 0 Å². The summed E-state index contributed by atoms with van der Waals surface area (Å²) in [5, 5.41) is 4.52. The van der Waals surface area contributed by atoms with Gasteiger partial charge in [-0.25, -0.2) is 4.98 Å². The van der Waals surface area contributed by atoms with E-state index >= 15 is 0 Å². The molecule has 0 bridgehead atoms. The second kappa shape index (κ2) is 7.08. The fourth-order valence-corrected chi connectivity index (χ4v) is 3.50. The Morgan fingerprint density at radius 1 is 1.26 bits per heavy atom. The monoisotopic (exact) mass is 292 g/mol. The molecule has 4 heteroatoms. The normalized spacial score (nSPS) is 12.6.